The molecule has 1 aliphatic rings. The first-order chi connectivity index (χ1) is 15.7. The molecule has 2 rings (SSSR count). The number of amides is 2. The van der Waals surface area contributed by atoms with Gasteiger partial charge in [-0.15, -0.1) is 0 Å². The fourth-order valence-electron chi connectivity index (χ4n) is 3.80. The summed E-state index contributed by atoms with van der Waals surface area (Å²) in [5.74, 6) is -0.868. The van der Waals surface area contributed by atoms with Crippen LogP contribution in [0.15, 0.2) is 29.4 Å². The van der Waals surface area contributed by atoms with Crippen molar-refractivity contribution in [1.29, 1.82) is 0 Å². The van der Waals surface area contributed by atoms with Crippen LogP contribution < -0.4 is 10.6 Å². The molecule has 0 spiro atoms. The monoisotopic (exact) mass is 498 g/mol. The third kappa shape index (κ3) is 7.64. The molecule has 0 bridgehead atoms. The van der Waals surface area contributed by atoms with Crippen molar-refractivity contribution in [3.05, 3.63) is 24.4 Å². The molecular formula is C23H38N4O6S. The lowest BCUT2D eigenvalue weighted by Gasteiger charge is -2.35. The zero-order valence-corrected chi connectivity index (χ0v) is 21.6. The first kappa shape index (κ1) is 28.0. The molecule has 0 saturated carbocycles. The summed E-state index contributed by atoms with van der Waals surface area (Å²) in [6, 6.07) is 2.24. The number of carbonyl (C=O) groups is 2. The predicted molar refractivity (Wildman–Crippen MR) is 127 cm³/mol. The zero-order chi connectivity index (χ0) is 25.7. The standard InChI is InChI=1S/C23H38N4O6S/c1-15(2)13-17(26-22(30)33-23(4,5)6)21(29)27(18-11-10-16(3)25-14-19(18)28)34(31,32)20-9-7-8-12-24-20/h7-9,12,15-19,25,28H,10-11,13-14H2,1-6H3,(H,26,30)/t16-,17+,18+,19+/m1/s1. The van der Waals surface area contributed by atoms with E-state index in [1.807, 2.05) is 20.8 Å². The Morgan fingerprint density at radius 1 is 1.29 bits per heavy atom. The van der Waals surface area contributed by atoms with Gasteiger partial charge in [0, 0.05) is 18.8 Å². The van der Waals surface area contributed by atoms with Crippen molar-refractivity contribution in [2.75, 3.05) is 6.54 Å². The Morgan fingerprint density at radius 2 is 1.97 bits per heavy atom. The maximum atomic E-state index is 13.9. The van der Waals surface area contributed by atoms with Gasteiger partial charge in [0.1, 0.15) is 11.6 Å². The van der Waals surface area contributed by atoms with Gasteiger partial charge in [0.15, 0.2) is 5.03 Å². The normalized spacial score (nSPS) is 22.5. The molecule has 34 heavy (non-hydrogen) atoms. The Bertz CT molecular complexity index is 933. The van der Waals surface area contributed by atoms with Crippen molar-refractivity contribution in [2.24, 2.45) is 5.92 Å². The van der Waals surface area contributed by atoms with Crippen molar-refractivity contribution in [3.8, 4) is 0 Å². The van der Waals surface area contributed by atoms with Gasteiger partial charge in [0.05, 0.1) is 12.1 Å². The highest BCUT2D eigenvalue weighted by Gasteiger charge is 2.44. The first-order valence-corrected chi connectivity index (χ1v) is 13.1. The highest BCUT2D eigenvalue weighted by Crippen LogP contribution is 2.26. The maximum Gasteiger partial charge on any atom is 0.408 e. The number of hydrogen-bond donors (Lipinski definition) is 3. The minimum atomic E-state index is -4.43. The number of sulfonamides is 1. The van der Waals surface area contributed by atoms with Gasteiger partial charge >= 0.3 is 6.09 Å². The Balaban J connectivity index is 2.51. The summed E-state index contributed by atoms with van der Waals surface area (Å²) < 4.78 is 33.4. The molecule has 1 saturated heterocycles. The molecule has 3 N–H and O–H groups in total. The average Bonchev–Trinajstić information content (AvgIpc) is 2.88. The van der Waals surface area contributed by atoms with Crippen LogP contribution in [0, 0.1) is 5.92 Å². The summed E-state index contributed by atoms with van der Waals surface area (Å²) in [6.07, 6.45) is 0.370. The van der Waals surface area contributed by atoms with Gasteiger partial charge in [-0.3, -0.25) is 4.79 Å². The number of nitrogens with zero attached hydrogens (tertiary/aromatic N) is 2. The van der Waals surface area contributed by atoms with E-state index in [0.717, 1.165) is 4.31 Å². The molecule has 1 aromatic rings. The van der Waals surface area contributed by atoms with Crippen LogP contribution in [0.4, 0.5) is 4.79 Å². The van der Waals surface area contributed by atoms with E-state index in [0.29, 0.717) is 6.42 Å². The van der Waals surface area contributed by atoms with Crippen LogP contribution in [-0.2, 0) is 19.6 Å². The van der Waals surface area contributed by atoms with Crippen molar-refractivity contribution < 1.29 is 27.9 Å². The largest absolute Gasteiger partial charge is 0.444 e. The average molecular weight is 499 g/mol. The second-order valence-electron chi connectivity index (χ2n) is 10.2. The molecule has 1 aliphatic heterocycles. The molecule has 11 heteroatoms. The van der Waals surface area contributed by atoms with Gasteiger partial charge in [-0.25, -0.2) is 14.1 Å². The van der Waals surface area contributed by atoms with Crippen molar-refractivity contribution in [1.82, 2.24) is 19.9 Å². The quantitative estimate of drug-likeness (QED) is 0.519. The second kappa shape index (κ2) is 11.5. The smallest absolute Gasteiger partial charge is 0.408 e. The van der Waals surface area contributed by atoms with Gasteiger partial charge in [0.2, 0.25) is 0 Å². The van der Waals surface area contributed by atoms with Gasteiger partial charge in [0.25, 0.3) is 15.9 Å². The zero-order valence-electron chi connectivity index (χ0n) is 20.8. The lowest BCUT2D eigenvalue weighted by Crippen LogP contribution is -2.58. The van der Waals surface area contributed by atoms with Crippen LogP contribution in [0.2, 0.25) is 0 Å². The number of alkyl carbamates (subject to hydrolysis) is 1. The number of aliphatic hydroxyl groups excluding tert-OH is 1. The Morgan fingerprint density at radius 3 is 2.53 bits per heavy atom. The molecule has 1 fully saturated rings. The second-order valence-corrected chi connectivity index (χ2v) is 11.9. The van der Waals surface area contributed by atoms with Crippen LogP contribution in [0.5, 0.6) is 0 Å². The molecule has 2 amide bonds. The number of hydrogen-bond acceptors (Lipinski definition) is 8. The Kier molecular flexibility index (Phi) is 9.44. The minimum absolute atomic E-state index is 0.0379. The van der Waals surface area contributed by atoms with E-state index in [4.69, 9.17) is 4.74 Å². The predicted octanol–water partition coefficient (Wildman–Crippen LogP) is 2.04. The summed E-state index contributed by atoms with van der Waals surface area (Å²) in [5.41, 5.74) is -0.797. The van der Waals surface area contributed by atoms with Crippen LogP contribution in [0.25, 0.3) is 0 Å². The lowest BCUT2D eigenvalue weighted by molar-refractivity contribution is -0.132. The molecular weight excluding hydrogens is 460 g/mol. The summed E-state index contributed by atoms with van der Waals surface area (Å²) in [6.45, 7) is 10.9. The van der Waals surface area contributed by atoms with E-state index in [1.165, 1.54) is 18.3 Å². The van der Waals surface area contributed by atoms with E-state index < -0.39 is 45.8 Å². The van der Waals surface area contributed by atoms with Crippen molar-refractivity contribution >= 4 is 22.0 Å². The minimum Gasteiger partial charge on any atom is -0.444 e. The maximum absolute atomic E-state index is 13.9. The van der Waals surface area contributed by atoms with E-state index >= 15 is 0 Å². The molecule has 192 valence electrons. The number of nitrogens with one attached hydrogen (secondary N) is 2. The van der Waals surface area contributed by atoms with Crippen LogP contribution in [-0.4, -0.2) is 71.2 Å². The van der Waals surface area contributed by atoms with Crippen molar-refractivity contribution in [2.45, 2.75) is 95.7 Å². The molecule has 2 heterocycles. The summed E-state index contributed by atoms with van der Waals surface area (Å²) in [5, 5.41) is 16.2. The number of carbonyl (C=O) groups excluding carboxylic acids is 2. The van der Waals surface area contributed by atoms with E-state index in [1.54, 1.807) is 26.8 Å². The number of pyridine rings is 1. The molecule has 10 nitrogen and oxygen atoms in total. The topological polar surface area (TPSA) is 138 Å². The summed E-state index contributed by atoms with van der Waals surface area (Å²) in [4.78, 5) is 30.3. The summed E-state index contributed by atoms with van der Waals surface area (Å²) >= 11 is 0. The molecule has 1 aromatic heterocycles. The highest BCUT2D eigenvalue weighted by atomic mass is 32.2. The SMILES string of the molecule is CC(C)C[C@H](NC(=O)OC(C)(C)C)C(=O)N([C@H]1CC[C@@H](C)NC[C@@H]1O)S(=O)(=O)c1ccccn1. The Hall–Kier alpha value is -2.24. The van der Waals surface area contributed by atoms with Crippen LogP contribution in [0.1, 0.15) is 60.8 Å². The number of rotatable bonds is 7. The molecule has 0 radical (unpaired) electrons. The van der Waals surface area contributed by atoms with Crippen molar-refractivity contribution in [3.63, 3.8) is 0 Å². The lowest BCUT2D eigenvalue weighted by atomic mass is 10.0. The highest BCUT2D eigenvalue weighted by molar-refractivity contribution is 7.89. The van der Waals surface area contributed by atoms with Crippen LogP contribution >= 0.6 is 0 Å². The van der Waals surface area contributed by atoms with E-state index in [9.17, 15) is 23.1 Å². The molecule has 4 atom stereocenters. The Labute approximate surface area is 202 Å². The molecule has 0 aliphatic carbocycles. The van der Waals surface area contributed by atoms with Gasteiger partial charge < -0.3 is 20.5 Å². The fourth-order valence-corrected chi connectivity index (χ4v) is 5.42. The van der Waals surface area contributed by atoms with Gasteiger partial charge in [-0.2, -0.15) is 8.42 Å². The van der Waals surface area contributed by atoms with Crippen LogP contribution in [0.3, 0.4) is 0 Å². The molecule has 0 unspecified atom stereocenters. The van der Waals surface area contributed by atoms with E-state index in [2.05, 4.69) is 15.6 Å². The molecule has 0 aromatic carbocycles. The summed E-state index contributed by atoms with van der Waals surface area (Å²) in [7, 11) is -4.43. The third-order valence-electron chi connectivity index (χ3n) is 5.39. The number of β-amino-alcohol motifs (C(OH)–C–C–N with tert-alkyl or cyclic N) is 1. The first-order valence-electron chi connectivity index (χ1n) is 11.6. The van der Waals surface area contributed by atoms with Gasteiger partial charge in [-0.1, -0.05) is 19.9 Å². The van der Waals surface area contributed by atoms with Gasteiger partial charge in [-0.05, 0) is 65.0 Å². The number of ether oxygens (including phenoxy) is 1. The van der Waals surface area contributed by atoms with E-state index in [-0.39, 0.29) is 36.4 Å². The number of aromatic nitrogens is 1. The third-order valence-corrected chi connectivity index (χ3v) is 7.13. The number of aliphatic hydroxyl groups is 1. The fraction of sp³-hybridized carbons (Fsp3) is 0.696.